The number of ether oxygens (including phenoxy) is 2. The van der Waals surface area contributed by atoms with Crippen LogP contribution >= 0.6 is 11.6 Å². The van der Waals surface area contributed by atoms with E-state index in [1.165, 1.54) is 0 Å². The Bertz CT molecular complexity index is 724. The molecule has 1 aliphatic rings. The fourth-order valence-corrected chi connectivity index (χ4v) is 2.06. The summed E-state index contributed by atoms with van der Waals surface area (Å²) in [4.78, 5) is 12.0. The summed E-state index contributed by atoms with van der Waals surface area (Å²) in [5.41, 5.74) is 1.15. The first-order valence-corrected chi connectivity index (χ1v) is 6.58. The van der Waals surface area contributed by atoms with Gasteiger partial charge in [0.05, 0.1) is 5.57 Å². The summed E-state index contributed by atoms with van der Waals surface area (Å²) in [6.45, 7) is 1.74. The number of hydrogen-bond acceptors (Lipinski definition) is 6. The Labute approximate surface area is 125 Å². The Morgan fingerprint density at radius 3 is 3.05 bits per heavy atom. The maximum absolute atomic E-state index is 12.0. The number of hydrogen-bond donors (Lipinski definition) is 0. The maximum Gasteiger partial charge on any atom is 0.338 e. The zero-order valence-electron chi connectivity index (χ0n) is 11.1. The van der Waals surface area contributed by atoms with E-state index in [1.807, 2.05) is 0 Å². The van der Waals surface area contributed by atoms with Gasteiger partial charge in [-0.25, -0.2) is 4.79 Å². The summed E-state index contributed by atoms with van der Waals surface area (Å²) in [6, 6.07) is 5.22. The molecule has 0 unspecified atom stereocenters. The van der Waals surface area contributed by atoms with Crippen molar-refractivity contribution in [2.24, 2.45) is 0 Å². The normalized spacial score (nSPS) is 13.1. The van der Waals surface area contributed by atoms with Crippen LogP contribution in [0.15, 0.2) is 28.2 Å². The lowest BCUT2D eigenvalue weighted by Crippen LogP contribution is -2.17. The Morgan fingerprint density at radius 1 is 1.43 bits per heavy atom. The number of nitrogens with zero attached hydrogens (tertiary/aromatic N) is 2. The van der Waals surface area contributed by atoms with Gasteiger partial charge in [-0.3, -0.25) is 0 Å². The molecular formula is C14H11ClN2O4. The highest BCUT2D eigenvalue weighted by atomic mass is 35.5. The van der Waals surface area contributed by atoms with E-state index in [-0.39, 0.29) is 19.1 Å². The summed E-state index contributed by atoms with van der Waals surface area (Å²) < 4.78 is 15.7. The minimum Gasteiger partial charge on any atom is -0.488 e. The van der Waals surface area contributed by atoms with Crippen LogP contribution in [-0.4, -0.2) is 22.8 Å². The summed E-state index contributed by atoms with van der Waals surface area (Å²) in [5, 5.41) is 7.98. The zero-order valence-corrected chi connectivity index (χ0v) is 11.9. The third-order valence-corrected chi connectivity index (χ3v) is 3.08. The third-order valence-electron chi connectivity index (χ3n) is 2.84. The second kappa shape index (κ2) is 5.57. The van der Waals surface area contributed by atoms with Crippen molar-refractivity contribution in [1.82, 2.24) is 10.2 Å². The van der Waals surface area contributed by atoms with Crippen molar-refractivity contribution in [2.75, 3.05) is 6.61 Å². The number of halogens is 1. The molecule has 1 aliphatic heterocycles. The molecule has 3 rings (SSSR count). The van der Waals surface area contributed by atoms with Gasteiger partial charge in [-0.2, -0.15) is 0 Å². The van der Waals surface area contributed by atoms with Crippen LogP contribution in [0.25, 0.3) is 6.08 Å². The largest absolute Gasteiger partial charge is 0.488 e. The van der Waals surface area contributed by atoms with Gasteiger partial charge >= 0.3 is 5.97 Å². The van der Waals surface area contributed by atoms with Gasteiger partial charge in [0.25, 0.3) is 5.89 Å². The van der Waals surface area contributed by atoms with Crippen LogP contribution < -0.4 is 4.74 Å². The van der Waals surface area contributed by atoms with Crippen LogP contribution in [0, 0.1) is 6.92 Å². The van der Waals surface area contributed by atoms with Crippen molar-refractivity contribution in [3.05, 3.63) is 46.1 Å². The van der Waals surface area contributed by atoms with Crippen LogP contribution in [0.2, 0.25) is 5.02 Å². The predicted octanol–water partition coefficient (Wildman–Crippen LogP) is 2.55. The van der Waals surface area contributed by atoms with Crippen molar-refractivity contribution < 1.29 is 18.7 Å². The summed E-state index contributed by atoms with van der Waals surface area (Å²) >= 11 is 5.92. The first-order valence-electron chi connectivity index (χ1n) is 6.21. The Kier molecular flexibility index (Phi) is 3.62. The predicted molar refractivity (Wildman–Crippen MR) is 73.8 cm³/mol. The first kappa shape index (κ1) is 13.6. The van der Waals surface area contributed by atoms with Crippen molar-refractivity contribution in [3.8, 4) is 5.75 Å². The quantitative estimate of drug-likeness (QED) is 0.811. The van der Waals surface area contributed by atoms with E-state index in [9.17, 15) is 4.79 Å². The number of carbonyl (C=O) groups is 1. The molecule has 0 amide bonds. The fourth-order valence-electron chi connectivity index (χ4n) is 1.88. The molecule has 0 aliphatic carbocycles. The first-order chi connectivity index (χ1) is 10.1. The van der Waals surface area contributed by atoms with Crippen molar-refractivity contribution in [1.29, 1.82) is 0 Å². The summed E-state index contributed by atoms with van der Waals surface area (Å²) in [7, 11) is 0. The molecule has 0 radical (unpaired) electrons. The zero-order chi connectivity index (χ0) is 14.8. The second-order valence-corrected chi connectivity index (χ2v) is 4.87. The molecule has 0 N–H and O–H groups in total. The van der Waals surface area contributed by atoms with Gasteiger partial charge in [-0.1, -0.05) is 11.6 Å². The summed E-state index contributed by atoms with van der Waals surface area (Å²) in [6.07, 6.45) is 1.70. The van der Waals surface area contributed by atoms with E-state index in [1.54, 1.807) is 31.2 Å². The van der Waals surface area contributed by atoms with E-state index in [0.717, 1.165) is 5.56 Å². The maximum atomic E-state index is 12.0. The molecule has 0 bridgehead atoms. The fraction of sp³-hybridized carbons (Fsp3) is 0.214. The Balaban J connectivity index is 1.70. The molecule has 0 fully saturated rings. The lowest BCUT2D eigenvalue weighted by atomic mass is 10.1. The van der Waals surface area contributed by atoms with Crippen molar-refractivity contribution >= 4 is 23.6 Å². The molecular weight excluding hydrogens is 296 g/mol. The van der Waals surface area contributed by atoms with E-state index in [2.05, 4.69) is 10.2 Å². The monoisotopic (exact) mass is 306 g/mol. The number of benzene rings is 1. The van der Waals surface area contributed by atoms with Crippen molar-refractivity contribution in [3.63, 3.8) is 0 Å². The molecule has 108 valence electrons. The van der Waals surface area contributed by atoms with Crippen LogP contribution in [0.4, 0.5) is 0 Å². The topological polar surface area (TPSA) is 74.5 Å². The third kappa shape index (κ3) is 3.05. The average Bonchev–Trinajstić information content (AvgIpc) is 2.89. The van der Waals surface area contributed by atoms with Crippen LogP contribution in [-0.2, 0) is 16.1 Å². The van der Waals surface area contributed by atoms with E-state index in [4.69, 9.17) is 25.5 Å². The van der Waals surface area contributed by atoms with Crippen molar-refractivity contribution in [2.45, 2.75) is 13.5 Å². The van der Waals surface area contributed by atoms with E-state index < -0.39 is 5.97 Å². The lowest BCUT2D eigenvalue weighted by Gasteiger charge is -2.17. The minimum absolute atomic E-state index is 0.0700. The van der Waals surface area contributed by atoms with Gasteiger partial charge in [-0.05, 0) is 24.3 Å². The van der Waals surface area contributed by atoms with Crippen LogP contribution in [0.1, 0.15) is 17.3 Å². The molecule has 0 atom stereocenters. The molecule has 0 saturated heterocycles. The highest BCUT2D eigenvalue weighted by Crippen LogP contribution is 2.29. The number of esters is 1. The SMILES string of the molecule is Cc1nnc(COC(=O)C2=Cc3cc(Cl)ccc3OC2)o1. The Morgan fingerprint density at radius 2 is 2.29 bits per heavy atom. The van der Waals surface area contributed by atoms with Gasteiger partial charge in [-0.15, -0.1) is 10.2 Å². The number of fused-ring (bicyclic) bond motifs is 1. The molecule has 0 spiro atoms. The molecule has 2 heterocycles. The van der Waals surface area contributed by atoms with Crippen LogP contribution in [0.3, 0.4) is 0 Å². The minimum atomic E-state index is -0.489. The molecule has 0 saturated carbocycles. The van der Waals surface area contributed by atoms with Gasteiger partial charge in [0, 0.05) is 17.5 Å². The van der Waals surface area contributed by atoms with Gasteiger partial charge in [0.1, 0.15) is 12.4 Å². The average molecular weight is 307 g/mol. The summed E-state index contributed by atoms with van der Waals surface area (Å²) in [5.74, 6) is 0.867. The highest BCUT2D eigenvalue weighted by Gasteiger charge is 2.19. The number of rotatable bonds is 3. The smallest absolute Gasteiger partial charge is 0.338 e. The van der Waals surface area contributed by atoms with E-state index >= 15 is 0 Å². The number of aryl methyl sites for hydroxylation is 1. The lowest BCUT2D eigenvalue weighted by molar-refractivity contribution is -0.141. The molecule has 7 heteroatoms. The molecule has 1 aromatic heterocycles. The second-order valence-electron chi connectivity index (χ2n) is 4.43. The van der Waals surface area contributed by atoms with Gasteiger partial charge in [0.2, 0.25) is 5.89 Å². The number of aromatic nitrogens is 2. The molecule has 21 heavy (non-hydrogen) atoms. The molecule has 1 aromatic carbocycles. The van der Waals surface area contributed by atoms with Gasteiger partial charge < -0.3 is 13.9 Å². The number of carbonyl (C=O) groups excluding carboxylic acids is 1. The standard InChI is InChI=1S/C14H11ClN2O4/c1-8-16-17-13(21-8)7-20-14(18)10-4-9-5-11(15)2-3-12(9)19-6-10/h2-5H,6-7H2,1H3. The molecule has 6 nitrogen and oxygen atoms in total. The van der Waals surface area contributed by atoms with Crippen LogP contribution in [0.5, 0.6) is 5.75 Å². The Hall–Kier alpha value is -2.34. The van der Waals surface area contributed by atoms with Gasteiger partial charge in [0.15, 0.2) is 6.61 Å². The highest BCUT2D eigenvalue weighted by molar-refractivity contribution is 6.30. The van der Waals surface area contributed by atoms with E-state index in [0.29, 0.717) is 22.2 Å². The molecule has 2 aromatic rings.